The summed E-state index contributed by atoms with van der Waals surface area (Å²) < 4.78 is 36.6. The van der Waals surface area contributed by atoms with Gasteiger partial charge in [-0.2, -0.15) is 0 Å². The van der Waals surface area contributed by atoms with Crippen LogP contribution in [-0.2, 0) is 22.9 Å². The van der Waals surface area contributed by atoms with Crippen LogP contribution in [0.1, 0.15) is 16.8 Å². The number of fused-ring (bicyclic) bond motifs is 1. The number of hydrogen-bond donors (Lipinski definition) is 2. The van der Waals surface area contributed by atoms with Gasteiger partial charge in [-0.1, -0.05) is 12.1 Å². The van der Waals surface area contributed by atoms with Crippen LogP contribution in [0.3, 0.4) is 0 Å². The van der Waals surface area contributed by atoms with E-state index < -0.39 is 9.84 Å². The van der Waals surface area contributed by atoms with E-state index in [1.54, 1.807) is 24.3 Å². The third-order valence-electron chi connectivity index (χ3n) is 3.85. The minimum atomic E-state index is -3.31. The van der Waals surface area contributed by atoms with E-state index in [4.69, 9.17) is 0 Å². The Bertz CT molecular complexity index is 959. The predicted molar refractivity (Wildman–Crippen MR) is 86.5 cm³/mol. The lowest BCUT2D eigenvalue weighted by Crippen LogP contribution is -1.97. The molecule has 120 valence electrons. The number of aromatic amines is 1. The lowest BCUT2D eigenvalue weighted by molar-refractivity contribution is 0.277. The highest BCUT2D eigenvalue weighted by atomic mass is 32.2. The summed E-state index contributed by atoms with van der Waals surface area (Å²) in [6.07, 6.45) is 1.64. The molecule has 0 unspecified atom stereocenters. The fourth-order valence-corrected chi connectivity index (χ4v) is 3.30. The highest BCUT2D eigenvalue weighted by Gasteiger charge is 2.15. The Labute approximate surface area is 133 Å². The van der Waals surface area contributed by atoms with E-state index in [1.807, 2.05) is 0 Å². The first-order valence-corrected chi connectivity index (χ1v) is 8.96. The third kappa shape index (κ3) is 3.13. The molecule has 23 heavy (non-hydrogen) atoms. The molecular formula is C17H16FNO3S. The van der Waals surface area contributed by atoms with Crippen molar-refractivity contribution in [3.8, 4) is 0 Å². The van der Waals surface area contributed by atoms with Crippen LogP contribution in [-0.4, -0.2) is 24.8 Å². The molecule has 4 nitrogen and oxygen atoms in total. The summed E-state index contributed by atoms with van der Waals surface area (Å²) in [5, 5.41) is 10.3. The van der Waals surface area contributed by atoms with Crippen LogP contribution >= 0.6 is 0 Å². The molecule has 0 aliphatic heterocycles. The molecule has 3 rings (SSSR count). The molecule has 0 fully saturated rings. The van der Waals surface area contributed by atoms with Gasteiger partial charge in [-0.25, -0.2) is 12.8 Å². The molecule has 3 aromatic rings. The lowest BCUT2D eigenvalue weighted by atomic mass is 10.0. The summed E-state index contributed by atoms with van der Waals surface area (Å²) in [7, 11) is -3.31. The number of aliphatic hydroxyl groups excluding tert-OH is 1. The Morgan fingerprint density at radius 2 is 1.83 bits per heavy atom. The van der Waals surface area contributed by atoms with Gasteiger partial charge < -0.3 is 10.1 Å². The third-order valence-corrected chi connectivity index (χ3v) is 4.96. The first-order valence-electron chi connectivity index (χ1n) is 7.07. The Kier molecular flexibility index (Phi) is 3.95. The fraction of sp³-hybridized carbons (Fsp3) is 0.176. The van der Waals surface area contributed by atoms with E-state index in [0.29, 0.717) is 12.1 Å². The van der Waals surface area contributed by atoms with Crippen molar-refractivity contribution in [3.63, 3.8) is 0 Å². The van der Waals surface area contributed by atoms with Crippen molar-refractivity contribution in [2.45, 2.75) is 17.9 Å². The standard InChI is InChI=1S/C17H16FNO3S/c1-23(21,22)13-6-7-16-15(9-13)14(17(10-20)19-16)8-11-2-4-12(18)5-3-11/h2-7,9,19-20H,8,10H2,1H3. The quantitative estimate of drug-likeness (QED) is 0.771. The molecule has 0 spiro atoms. The molecule has 1 heterocycles. The molecular weight excluding hydrogens is 317 g/mol. The van der Waals surface area contributed by atoms with Gasteiger partial charge in [-0.3, -0.25) is 0 Å². The second kappa shape index (κ2) is 5.79. The smallest absolute Gasteiger partial charge is 0.175 e. The number of sulfone groups is 1. The maximum atomic E-state index is 13.0. The summed E-state index contributed by atoms with van der Waals surface area (Å²) in [6, 6.07) is 11.0. The van der Waals surface area contributed by atoms with E-state index in [-0.39, 0.29) is 17.3 Å². The second-order valence-electron chi connectivity index (χ2n) is 5.52. The van der Waals surface area contributed by atoms with Crippen molar-refractivity contribution in [2.24, 2.45) is 0 Å². The number of H-pyrrole nitrogens is 1. The molecule has 0 amide bonds. The minimum absolute atomic E-state index is 0.181. The Hall–Kier alpha value is -2.18. The number of benzene rings is 2. The monoisotopic (exact) mass is 333 g/mol. The Balaban J connectivity index is 2.14. The van der Waals surface area contributed by atoms with Crippen LogP contribution in [0.4, 0.5) is 4.39 Å². The van der Waals surface area contributed by atoms with E-state index in [2.05, 4.69) is 4.98 Å². The van der Waals surface area contributed by atoms with E-state index in [0.717, 1.165) is 28.3 Å². The summed E-state index contributed by atoms with van der Waals surface area (Å²) in [4.78, 5) is 3.34. The number of halogens is 1. The zero-order valence-corrected chi connectivity index (χ0v) is 13.3. The van der Waals surface area contributed by atoms with Crippen molar-refractivity contribution in [1.82, 2.24) is 4.98 Å². The second-order valence-corrected chi connectivity index (χ2v) is 7.54. The van der Waals surface area contributed by atoms with Gasteiger partial charge >= 0.3 is 0 Å². The zero-order chi connectivity index (χ0) is 16.6. The summed E-state index contributed by atoms with van der Waals surface area (Å²) in [5.41, 5.74) is 3.10. The largest absolute Gasteiger partial charge is 0.390 e. The molecule has 6 heteroatoms. The minimum Gasteiger partial charge on any atom is -0.390 e. The maximum Gasteiger partial charge on any atom is 0.175 e. The SMILES string of the molecule is CS(=O)(=O)c1ccc2[nH]c(CO)c(Cc3ccc(F)cc3)c2c1. The van der Waals surface area contributed by atoms with Gasteiger partial charge in [-0.15, -0.1) is 0 Å². The summed E-state index contributed by atoms with van der Waals surface area (Å²) >= 11 is 0. The molecule has 1 aromatic heterocycles. The molecule has 0 bridgehead atoms. The van der Waals surface area contributed by atoms with E-state index >= 15 is 0 Å². The average Bonchev–Trinajstić information content (AvgIpc) is 2.86. The van der Waals surface area contributed by atoms with Crippen molar-refractivity contribution in [1.29, 1.82) is 0 Å². The molecule has 0 radical (unpaired) electrons. The van der Waals surface area contributed by atoms with E-state index in [9.17, 15) is 17.9 Å². The molecule has 0 atom stereocenters. The molecule has 0 aliphatic carbocycles. The normalized spacial score (nSPS) is 12.0. The van der Waals surface area contributed by atoms with Crippen LogP contribution in [0.2, 0.25) is 0 Å². The molecule has 0 aliphatic rings. The first-order chi connectivity index (χ1) is 10.9. The Morgan fingerprint density at radius 1 is 1.13 bits per heavy atom. The highest BCUT2D eigenvalue weighted by Crippen LogP contribution is 2.28. The van der Waals surface area contributed by atoms with Gasteiger partial charge in [0.05, 0.1) is 11.5 Å². The van der Waals surface area contributed by atoms with Crippen LogP contribution in [0.25, 0.3) is 10.9 Å². The number of aromatic nitrogens is 1. The molecule has 2 aromatic carbocycles. The maximum absolute atomic E-state index is 13.0. The van der Waals surface area contributed by atoms with Gasteiger partial charge in [0.1, 0.15) is 5.82 Å². The summed E-state index contributed by atoms with van der Waals surface area (Å²) in [5.74, 6) is -0.311. The van der Waals surface area contributed by atoms with Crippen LogP contribution in [0, 0.1) is 5.82 Å². The van der Waals surface area contributed by atoms with Crippen molar-refractivity contribution >= 4 is 20.7 Å². The van der Waals surface area contributed by atoms with Gasteiger partial charge in [0, 0.05) is 22.9 Å². The fourth-order valence-electron chi connectivity index (χ4n) is 2.66. The number of nitrogens with one attached hydrogen (secondary N) is 1. The van der Waals surface area contributed by atoms with Crippen LogP contribution in [0.15, 0.2) is 47.4 Å². The van der Waals surface area contributed by atoms with Crippen molar-refractivity contribution < 1.29 is 17.9 Å². The number of rotatable bonds is 4. The number of hydrogen-bond acceptors (Lipinski definition) is 3. The molecule has 0 saturated carbocycles. The molecule has 2 N–H and O–H groups in total. The van der Waals surface area contributed by atoms with Crippen LogP contribution in [0.5, 0.6) is 0 Å². The van der Waals surface area contributed by atoms with Crippen molar-refractivity contribution in [3.05, 3.63) is 65.1 Å². The van der Waals surface area contributed by atoms with Gasteiger partial charge in [0.25, 0.3) is 0 Å². The average molecular weight is 333 g/mol. The topological polar surface area (TPSA) is 70.2 Å². The Morgan fingerprint density at radius 3 is 2.43 bits per heavy atom. The zero-order valence-electron chi connectivity index (χ0n) is 12.5. The predicted octanol–water partition coefficient (Wildman–Crippen LogP) is 2.79. The van der Waals surface area contributed by atoms with E-state index in [1.165, 1.54) is 18.2 Å². The van der Waals surface area contributed by atoms with Crippen LogP contribution < -0.4 is 0 Å². The van der Waals surface area contributed by atoms with Crippen molar-refractivity contribution in [2.75, 3.05) is 6.26 Å². The highest BCUT2D eigenvalue weighted by molar-refractivity contribution is 7.90. The number of aliphatic hydroxyl groups is 1. The van der Waals surface area contributed by atoms with Gasteiger partial charge in [0.2, 0.25) is 0 Å². The first kappa shape index (κ1) is 15.7. The summed E-state index contributed by atoms with van der Waals surface area (Å²) in [6.45, 7) is -0.181. The lowest BCUT2D eigenvalue weighted by Gasteiger charge is -2.05. The van der Waals surface area contributed by atoms with Gasteiger partial charge in [-0.05, 0) is 47.9 Å². The van der Waals surface area contributed by atoms with Gasteiger partial charge in [0.15, 0.2) is 9.84 Å². The molecule has 0 saturated heterocycles.